The Kier molecular flexibility index (Phi) is 3.54. The van der Waals surface area contributed by atoms with Gasteiger partial charge < -0.3 is 4.55 Å². The minimum atomic E-state index is -0.887. The molecule has 0 saturated heterocycles. The first kappa shape index (κ1) is 9.27. The van der Waals surface area contributed by atoms with Gasteiger partial charge in [0.15, 0.2) is 0 Å². The maximum atomic E-state index is 11.1. The molecule has 0 unspecified atom stereocenters. The third-order valence-corrected chi connectivity index (χ3v) is 2.49. The Balaban J connectivity index is 3.59. The van der Waals surface area contributed by atoms with E-state index in [9.17, 15) is 4.55 Å². The van der Waals surface area contributed by atoms with E-state index in [1.54, 1.807) is 0 Å². The zero-order valence-corrected chi connectivity index (χ0v) is 7.34. The highest BCUT2D eigenvalue weighted by Gasteiger charge is 2.24. The van der Waals surface area contributed by atoms with Crippen LogP contribution in [-0.2, 0) is 11.4 Å². The number of nitrogens with one attached hydrogen (secondary N) is 1. The van der Waals surface area contributed by atoms with E-state index in [0.717, 1.165) is 6.54 Å². The van der Waals surface area contributed by atoms with Crippen molar-refractivity contribution in [2.24, 2.45) is 0 Å². The van der Waals surface area contributed by atoms with Gasteiger partial charge in [0.2, 0.25) is 0 Å². The predicted molar refractivity (Wildman–Crippen MR) is 41.6 cm³/mol. The quantitative estimate of drug-likeness (QED) is 0.596. The lowest BCUT2D eigenvalue weighted by Gasteiger charge is -2.22. The van der Waals surface area contributed by atoms with Crippen LogP contribution in [0.25, 0.3) is 0 Å². The van der Waals surface area contributed by atoms with Crippen molar-refractivity contribution in [3.05, 3.63) is 0 Å². The first-order valence-corrected chi connectivity index (χ1v) is 4.29. The van der Waals surface area contributed by atoms with Crippen molar-refractivity contribution in [3.63, 3.8) is 0 Å². The molecule has 0 fully saturated rings. The third-order valence-electron chi connectivity index (χ3n) is 0.832. The van der Waals surface area contributed by atoms with E-state index >= 15 is 0 Å². The predicted octanol–water partition coefficient (Wildman–Crippen LogP) is 1.06. The standard InChI is InChI=1S/C6H15NOS/c1-5-7-9(8)6(2,3)4/h7H,5H2,1-4H3/t9-/m0/s1. The molecule has 0 aromatic carbocycles. The molecule has 0 aromatic rings. The fourth-order valence-electron chi connectivity index (χ4n) is 0.348. The average molecular weight is 149 g/mol. The van der Waals surface area contributed by atoms with Gasteiger partial charge in [0, 0.05) is 17.9 Å². The topological polar surface area (TPSA) is 35.1 Å². The molecule has 0 heterocycles. The molecule has 0 aliphatic heterocycles. The Morgan fingerprint density at radius 2 is 1.89 bits per heavy atom. The van der Waals surface area contributed by atoms with Gasteiger partial charge in [-0.3, -0.25) is 0 Å². The Morgan fingerprint density at radius 3 is 2.00 bits per heavy atom. The van der Waals surface area contributed by atoms with Gasteiger partial charge in [-0.2, -0.15) is 0 Å². The minimum Gasteiger partial charge on any atom is -0.598 e. The van der Waals surface area contributed by atoms with E-state index in [2.05, 4.69) is 4.72 Å². The van der Waals surface area contributed by atoms with Crippen LogP contribution in [0.15, 0.2) is 0 Å². The van der Waals surface area contributed by atoms with E-state index in [1.807, 2.05) is 27.7 Å². The number of hydrogen-bond donors (Lipinski definition) is 1. The van der Waals surface area contributed by atoms with Gasteiger partial charge in [0.05, 0.1) is 0 Å². The monoisotopic (exact) mass is 149 g/mol. The smallest absolute Gasteiger partial charge is 0.136 e. The summed E-state index contributed by atoms with van der Waals surface area (Å²) in [5.74, 6) is 0. The van der Waals surface area contributed by atoms with Crippen molar-refractivity contribution in [1.82, 2.24) is 4.72 Å². The van der Waals surface area contributed by atoms with Crippen molar-refractivity contribution in [1.29, 1.82) is 0 Å². The van der Waals surface area contributed by atoms with E-state index in [-0.39, 0.29) is 4.75 Å². The van der Waals surface area contributed by atoms with Gasteiger partial charge in [0.1, 0.15) is 4.75 Å². The summed E-state index contributed by atoms with van der Waals surface area (Å²) in [6.07, 6.45) is 0. The normalized spacial score (nSPS) is 15.7. The van der Waals surface area contributed by atoms with Crippen LogP contribution in [0.2, 0.25) is 0 Å². The third kappa shape index (κ3) is 3.78. The van der Waals surface area contributed by atoms with E-state index in [0.29, 0.717) is 0 Å². The Labute approximate surface area is 60.3 Å². The molecular formula is C6H15NOS. The van der Waals surface area contributed by atoms with E-state index in [4.69, 9.17) is 0 Å². The summed E-state index contributed by atoms with van der Waals surface area (Å²) in [7, 11) is 0. The zero-order chi connectivity index (χ0) is 7.49. The summed E-state index contributed by atoms with van der Waals surface area (Å²) in [5, 5.41) is 0. The fourth-order valence-corrected chi connectivity index (χ4v) is 1.04. The van der Waals surface area contributed by atoms with Gasteiger partial charge in [-0.25, -0.2) is 0 Å². The van der Waals surface area contributed by atoms with Gasteiger partial charge in [-0.15, -0.1) is 4.72 Å². The second kappa shape index (κ2) is 3.44. The lowest BCUT2D eigenvalue weighted by Crippen LogP contribution is -2.39. The van der Waals surface area contributed by atoms with Crippen LogP contribution in [0.3, 0.4) is 0 Å². The summed E-state index contributed by atoms with van der Waals surface area (Å²) < 4.78 is 13.8. The summed E-state index contributed by atoms with van der Waals surface area (Å²) in [6.45, 7) is 8.57. The van der Waals surface area contributed by atoms with Crippen LogP contribution in [0.5, 0.6) is 0 Å². The van der Waals surface area contributed by atoms with Crippen LogP contribution < -0.4 is 4.72 Å². The number of rotatable bonds is 2. The summed E-state index contributed by atoms with van der Waals surface area (Å²) in [5.41, 5.74) is 0. The highest BCUT2D eigenvalue weighted by Crippen LogP contribution is 2.11. The molecule has 0 spiro atoms. The largest absolute Gasteiger partial charge is 0.598 e. The molecule has 0 aliphatic carbocycles. The Hall–Kier alpha value is 0.270. The molecule has 0 amide bonds. The van der Waals surface area contributed by atoms with Crippen molar-refractivity contribution < 1.29 is 4.55 Å². The molecular weight excluding hydrogens is 134 g/mol. The number of hydrogen-bond acceptors (Lipinski definition) is 2. The average Bonchev–Trinajstić information content (AvgIpc) is 1.64. The van der Waals surface area contributed by atoms with Crippen molar-refractivity contribution >= 4 is 11.4 Å². The molecule has 0 radical (unpaired) electrons. The summed E-state index contributed by atoms with van der Waals surface area (Å²) in [6, 6.07) is 0. The molecule has 9 heavy (non-hydrogen) atoms. The molecule has 0 bridgehead atoms. The Bertz CT molecular complexity index is 79.6. The maximum absolute atomic E-state index is 11.1. The molecule has 0 rings (SSSR count). The molecule has 0 aliphatic rings. The first-order valence-electron chi connectivity index (χ1n) is 3.14. The van der Waals surface area contributed by atoms with E-state index in [1.165, 1.54) is 0 Å². The molecule has 2 nitrogen and oxygen atoms in total. The highest BCUT2D eigenvalue weighted by atomic mass is 32.2. The van der Waals surface area contributed by atoms with Crippen LogP contribution in [0.1, 0.15) is 27.7 Å². The van der Waals surface area contributed by atoms with Crippen molar-refractivity contribution in [3.8, 4) is 0 Å². The van der Waals surface area contributed by atoms with Gasteiger partial charge in [0.25, 0.3) is 0 Å². The second-order valence-electron chi connectivity index (χ2n) is 2.88. The van der Waals surface area contributed by atoms with Crippen molar-refractivity contribution in [2.45, 2.75) is 32.4 Å². The van der Waals surface area contributed by atoms with Crippen LogP contribution >= 0.6 is 0 Å². The molecule has 1 atom stereocenters. The van der Waals surface area contributed by atoms with E-state index < -0.39 is 11.4 Å². The summed E-state index contributed by atoms with van der Waals surface area (Å²) in [4.78, 5) is 0. The van der Waals surface area contributed by atoms with Crippen molar-refractivity contribution in [2.75, 3.05) is 6.54 Å². The first-order chi connectivity index (χ1) is 3.98. The Morgan fingerprint density at radius 1 is 1.44 bits per heavy atom. The van der Waals surface area contributed by atoms with Gasteiger partial charge in [-0.1, -0.05) is 0 Å². The second-order valence-corrected chi connectivity index (χ2v) is 4.93. The van der Waals surface area contributed by atoms with Gasteiger partial charge in [-0.05, 0) is 27.7 Å². The highest BCUT2D eigenvalue weighted by molar-refractivity contribution is 7.90. The minimum absolute atomic E-state index is 0.129. The lowest BCUT2D eigenvalue weighted by atomic mass is 10.3. The zero-order valence-electron chi connectivity index (χ0n) is 6.52. The lowest BCUT2D eigenvalue weighted by molar-refractivity contribution is 0.546. The molecule has 1 N–H and O–H groups in total. The van der Waals surface area contributed by atoms with Crippen LogP contribution in [0, 0.1) is 0 Å². The maximum Gasteiger partial charge on any atom is 0.136 e. The molecule has 0 saturated carbocycles. The molecule has 3 heteroatoms. The fraction of sp³-hybridized carbons (Fsp3) is 1.00. The SMILES string of the molecule is CCN[S@@+]([O-])C(C)(C)C. The van der Waals surface area contributed by atoms with Crippen LogP contribution in [-0.4, -0.2) is 15.8 Å². The van der Waals surface area contributed by atoms with Gasteiger partial charge >= 0.3 is 0 Å². The molecule has 56 valence electrons. The summed E-state index contributed by atoms with van der Waals surface area (Å²) >= 11 is -0.887. The van der Waals surface area contributed by atoms with Crippen LogP contribution in [0.4, 0.5) is 0 Å². The molecule has 0 aromatic heterocycles.